The van der Waals surface area contributed by atoms with Crippen LogP contribution in [0.3, 0.4) is 0 Å². The molecule has 6 nitrogen and oxygen atoms in total. The molecule has 0 saturated carbocycles. The number of halogens is 3. The van der Waals surface area contributed by atoms with Crippen LogP contribution in [0.15, 0.2) is 66.7 Å². The lowest BCUT2D eigenvalue weighted by atomic mass is 9.85. The highest BCUT2D eigenvalue weighted by Gasteiger charge is 2.45. The summed E-state index contributed by atoms with van der Waals surface area (Å²) < 4.78 is 41.8. The summed E-state index contributed by atoms with van der Waals surface area (Å²) in [7, 11) is 1.45. The number of benzene rings is 3. The summed E-state index contributed by atoms with van der Waals surface area (Å²) in [6.45, 7) is 1.39. The minimum atomic E-state index is -1.34. The highest BCUT2D eigenvalue weighted by molar-refractivity contribution is 6.07. The molecule has 0 fully saturated rings. The first-order valence-corrected chi connectivity index (χ1v) is 11.7. The van der Waals surface area contributed by atoms with Crippen molar-refractivity contribution in [3.63, 3.8) is 0 Å². The van der Waals surface area contributed by atoms with Crippen molar-refractivity contribution in [1.29, 1.82) is 0 Å². The van der Waals surface area contributed by atoms with Gasteiger partial charge < -0.3 is 10.6 Å². The molecule has 1 aliphatic heterocycles. The molecule has 3 atom stereocenters. The van der Waals surface area contributed by atoms with Crippen molar-refractivity contribution < 1.29 is 27.6 Å². The van der Waals surface area contributed by atoms with E-state index >= 15 is 0 Å². The summed E-state index contributed by atoms with van der Waals surface area (Å²) >= 11 is 0. The van der Waals surface area contributed by atoms with Gasteiger partial charge in [-0.2, -0.15) is 0 Å². The van der Waals surface area contributed by atoms with Crippen molar-refractivity contribution in [2.45, 2.75) is 37.8 Å². The molecule has 0 unspecified atom stereocenters. The Bertz CT molecular complexity index is 1330. The lowest BCUT2D eigenvalue weighted by Gasteiger charge is -2.36. The highest BCUT2D eigenvalue weighted by atomic mass is 19.1. The Kier molecular flexibility index (Phi) is 7.45. The van der Waals surface area contributed by atoms with Crippen LogP contribution in [0, 0.1) is 17.5 Å². The highest BCUT2D eigenvalue weighted by Crippen LogP contribution is 2.37. The van der Waals surface area contributed by atoms with E-state index in [-0.39, 0.29) is 12.0 Å². The van der Waals surface area contributed by atoms with Crippen LogP contribution in [0.2, 0.25) is 0 Å². The smallest absolute Gasteiger partial charge is 0.250 e. The van der Waals surface area contributed by atoms with E-state index in [0.717, 1.165) is 17.0 Å². The summed E-state index contributed by atoms with van der Waals surface area (Å²) in [5.74, 6) is -5.26. The average molecular weight is 510 g/mol. The van der Waals surface area contributed by atoms with Gasteiger partial charge >= 0.3 is 0 Å². The lowest BCUT2D eigenvalue weighted by molar-refractivity contribution is -0.152. The Balaban J connectivity index is 1.86. The second-order valence-corrected chi connectivity index (χ2v) is 9.18. The minimum absolute atomic E-state index is 0.000943. The van der Waals surface area contributed by atoms with Gasteiger partial charge in [0.25, 0.3) is 5.91 Å². The van der Waals surface area contributed by atoms with Crippen LogP contribution in [0.1, 0.15) is 29.5 Å². The molecular formula is C28H26F3N3O3. The number of carbonyl (C=O) groups excluding carboxylic acids is 3. The van der Waals surface area contributed by atoms with Crippen LogP contribution in [0.4, 0.5) is 18.9 Å². The lowest BCUT2D eigenvalue weighted by Crippen LogP contribution is -2.58. The number of anilines is 1. The third kappa shape index (κ3) is 5.41. The van der Waals surface area contributed by atoms with Gasteiger partial charge in [-0.05, 0) is 54.3 Å². The van der Waals surface area contributed by atoms with E-state index in [1.807, 2.05) is 0 Å². The predicted octanol–water partition coefficient (Wildman–Crippen LogP) is 3.72. The first-order valence-electron chi connectivity index (χ1n) is 11.7. The zero-order chi connectivity index (χ0) is 26.9. The Hall–Kier alpha value is -3.98. The third-order valence-corrected chi connectivity index (χ3v) is 6.49. The molecule has 1 aliphatic rings. The maximum atomic E-state index is 14.1. The summed E-state index contributed by atoms with van der Waals surface area (Å²) in [5, 5.41) is 0. The number of carbonyl (C=O) groups is 3. The summed E-state index contributed by atoms with van der Waals surface area (Å²) in [6, 6.07) is 13.1. The number of nitrogens with two attached hydrogens (primary N) is 1. The van der Waals surface area contributed by atoms with Crippen LogP contribution < -0.4 is 10.6 Å². The van der Waals surface area contributed by atoms with E-state index in [2.05, 4.69) is 0 Å². The number of amides is 3. The number of rotatable bonds is 5. The standard InChI is InChI=1S/C28H26F3N3O3/c1-16(32)27(36)34(25(35)12-17-10-21(30)14-22(31)11-17)26-23(18-6-4-3-5-7-18)13-19-8-9-20(29)15-24(19)33(2)28(26)37/h3-11,14-16,23,26H,12-13,32H2,1-2H3/t16-,23+,26-/m0/s1. The molecule has 2 N–H and O–H groups in total. The van der Waals surface area contributed by atoms with Crippen LogP contribution in [-0.4, -0.2) is 41.8 Å². The van der Waals surface area contributed by atoms with Gasteiger partial charge in [-0.15, -0.1) is 0 Å². The zero-order valence-electron chi connectivity index (χ0n) is 20.3. The van der Waals surface area contributed by atoms with Crippen LogP contribution in [-0.2, 0) is 27.2 Å². The number of nitrogens with zero attached hydrogens (tertiary/aromatic N) is 2. The molecule has 0 radical (unpaired) electrons. The Morgan fingerprint density at radius 3 is 2.27 bits per heavy atom. The first kappa shape index (κ1) is 26.1. The summed E-state index contributed by atoms with van der Waals surface area (Å²) in [5.41, 5.74) is 7.55. The molecule has 192 valence electrons. The molecule has 9 heteroatoms. The van der Waals surface area contributed by atoms with Crippen molar-refractivity contribution in [2.24, 2.45) is 5.73 Å². The maximum Gasteiger partial charge on any atom is 0.250 e. The summed E-state index contributed by atoms with van der Waals surface area (Å²) in [6.07, 6.45) is -0.325. The van der Waals surface area contributed by atoms with E-state index < -0.39 is 59.6 Å². The number of hydrogen-bond donors (Lipinski definition) is 1. The molecular weight excluding hydrogens is 483 g/mol. The minimum Gasteiger partial charge on any atom is -0.320 e. The van der Waals surface area contributed by atoms with Crippen LogP contribution in [0.25, 0.3) is 0 Å². The summed E-state index contributed by atoms with van der Waals surface area (Å²) in [4.78, 5) is 43.0. The third-order valence-electron chi connectivity index (χ3n) is 6.49. The molecule has 3 aromatic rings. The van der Waals surface area contributed by atoms with Gasteiger partial charge in [0, 0.05) is 24.7 Å². The molecule has 37 heavy (non-hydrogen) atoms. The molecule has 1 heterocycles. The number of hydrogen-bond acceptors (Lipinski definition) is 4. The number of likely N-dealkylation sites (N-methyl/N-ethyl adjacent to an activating group) is 1. The van der Waals surface area contributed by atoms with Gasteiger partial charge in [-0.1, -0.05) is 36.4 Å². The Morgan fingerprint density at radius 2 is 1.65 bits per heavy atom. The van der Waals surface area contributed by atoms with E-state index in [4.69, 9.17) is 5.73 Å². The number of imide groups is 1. The molecule has 4 rings (SSSR count). The van der Waals surface area contributed by atoms with Crippen LogP contribution >= 0.6 is 0 Å². The Morgan fingerprint density at radius 1 is 1.00 bits per heavy atom. The van der Waals surface area contributed by atoms with Crippen molar-refractivity contribution in [3.05, 3.63) is 101 Å². The fraction of sp³-hybridized carbons (Fsp3) is 0.250. The molecule has 0 aliphatic carbocycles. The fourth-order valence-corrected chi connectivity index (χ4v) is 4.76. The zero-order valence-corrected chi connectivity index (χ0v) is 20.3. The number of fused-ring (bicyclic) bond motifs is 1. The first-order chi connectivity index (χ1) is 17.6. The molecule has 0 bridgehead atoms. The molecule has 0 saturated heterocycles. The normalized spacial score (nSPS) is 18.1. The van der Waals surface area contributed by atoms with Crippen molar-refractivity contribution in [3.8, 4) is 0 Å². The predicted molar refractivity (Wildman–Crippen MR) is 132 cm³/mol. The van der Waals surface area contributed by atoms with Gasteiger partial charge in [0.05, 0.1) is 12.5 Å². The monoisotopic (exact) mass is 509 g/mol. The topological polar surface area (TPSA) is 83.7 Å². The second-order valence-electron chi connectivity index (χ2n) is 9.18. The SMILES string of the molecule is C[C@H](N)C(=O)N(C(=O)Cc1cc(F)cc(F)c1)[C@@H]1C(=O)N(C)c2cc(F)ccc2C[C@@H]1c1ccccc1. The molecule has 0 aromatic heterocycles. The van der Waals surface area contributed by atoms with Crippen molar-refractivity contribution >= 4 is 23.4 Å². The van der Waals surface area contributed by atoms with E-state index in [0.29, 0.717) is 22.9 Å². The van der Waals surface area contributed by atoms with Gasteiger partial charge in [0.2, 0.25) is 11.8 Å². The molecule has 3 aromatic carbocycles. The van der Waals surface area contributed by atoms with E-state index in [1.54, 1.807) is 36.4 Å². The molecule has 3 amide bonds. The van der Waals surface area contributed by atoms with Crippen LogP contribution in [0.5, 0.6) is 0 Å². The Labute approximate surface area is 212 Å². The largest absolute Gasteiger partial charge is 0.320 e. The second kappa shape index (κ2) is 10.6. The van der Waals surface area contributed by atoms with Gasteiger partial charge in [-0.25, -0.2) is 13.2 Å². The van der Waals surface area contributed by atoms with Crippen molar-refractivity contribution in [1.82, 2.24) is 4.90 Å². The molecule has 0 spiro atoms. The van der Waals surface area contributed by atoms with E-state index in [1.165, 1.54) is 31.0 Å². The fourth-order valence-electron chi connectivity index (χ4n) is 4.76. The van der Waals surface area contributed by atoms with Gasteiger partial charge in [-0.3, -0.25) is 19.3 Å². The quantitative estimate of drug-likeness (QED) is 0.568. The maximum absolute atomic E-state index is 14.1. The van der Waals surface area contributed by atoms with Crippen molar-refractivity contribution in [2.75, 3.05) is 11.9 Å². The van der Waals surface area contributed by atoms with Gasteiger partial charge in [0.1, 0.15) is 23.5 Å². The van der Waals surface area contributed by atoms with E-state index in [9.17, 15) is 27.6 Å². The average Bonchev–Trinajstić information content (AvgIpc) is 2.94. The van der Waals surface area contributed by atoms with Gasteiger partial charge in [0.15, 0.2) is 0 Å².